The highest BCUT2D eigenvalue weighted by Gasteiger charge is 2.33. The van der Waals surface area contributed by atoms with Gasteiger partial charge in [-0.1, -0.05) is 6.92 Å². The van der Waals surface area contributed by atoms with E-state index in [0.29, 0.717) is 24.3 Å². The zero-order valence-electron chi connectivity index (χ0n) is 16.5. The zero-order chi connectivity index (χ0) is 20.7. The van der Waals surface area contributed by atoms with Gasteiger partial charge in [0.25, 0.3) is 18.1 Å². The molecule has 2 atom stereocenters. The van der Waals surface area contributed by atoms with Gasteiger partial charge in [0.15, 0.2) is 0 Å². The van der Waals surface area contributed by atoms with Gasteiger partial charge in [-0.05, 0) is 43.9 Å². The third kappa shape index (κ3) is 3.56. The van der Waals surface area contributed by atoms with E-state index in [1.54, 1.807) is 11.1 Å². The van der Waals surface area contributed by atoms with Crippen LogP contribution < -0.4 is 0 Å². The second-order valence-corrected chi connectivity index (χ2v) is 7.63. The van der Waals surface area contributed by atoms with E-state index in [1.165, 1.54) is 16.9 Å². The number of rotatable bonds is 3. The Kier molecular flexibility index (Phi) is 4.97. The zero-order valence-corrected chi connectivity index (χ0v) is 16.5. The van der Waals surface area contributed by atoms with E-state index >= 15 is 0 Å². The number of carbonyl (C=O) groups excluding carboxylic acids is 1. The van der Waals surface area contributed by atoms with Gasteiger partial charge in [-0.15, -0.1) is 0 Å². The molecular weight excluding hydrogens is 378 g/mol. The van der Waals surface area contributed by atoms with Gasteiger partial charge >= 0.3 is 0 Å². The third-order valence-electron chi connectivity index (χ3n) is 5.74. The summed E-state index contributed by atoms with van der Waals surface area (Å²) in [5.41, 5.74) is 2.66. The van der Waals surface area contributed by atoms with Crippen LogP contribution in [0.3, 0.4) is 0 Å². The Balaban J connectivity index is 1.68. The van der Waals surface area contributed by atoms with Crippen LogP contribution in [-0.4, -0.2) is 48.5 Å². The number of pyridine rings is 1. The van der Waals surface area contributed by atoms with Crippen molar-refractivity contribution in [2.24, 2.45) is 5.92 Å². The van der Waals surface area contributed by atoms with Crippen LogP contribution >= 0.6 is 0 Å². The van der Waals surface area contributed by atoms with Crippen molar-refractivity contribution in [1.29, 1.82) is 0 Å². The molecule has 0 unspecified atom stereocenters. The van der Waals surface area contributed by atoms with Crippen LogP contribution in [0, 0.1) is 19.8 Å². The van der Waals surface area contributed by atoms with Gasteiger partial charge in [0.2, 0.25) is 0 Å². The first-order chi connectivity index (χ1) is 13.8. The number of aromatic nitrogens is 5. The monoisotopic (exact) mass is 400 g/mol. The van der Waals surface area contributed by atoms with E-state index < -0.39 is 6.43 Å². The third-order valence-corrected chi connectivity index (χ3v) is 5.74. The first-order valence-corrected chi connectivity index (χ1v) is 9.56. The standard InChI is InChI=1S/C20H22F2N6O/c1-11-4-5-27(19(29)14-6-12(2)13(3)23-8-14)9-15(11)17-7-16(18(21)22)26-20-24-10-25-28(17)20/h6-8,10-11,15,18H,4-5,9H2,1-3H3/t11-,15-/m1/s1. The first kappa shape index (κ1) is 19.4. The molecule has 3 aromatic heterocycles. The Labute approximate surface area is 166 Å². The van der Waals surface area contributed by atoms with Crippen molar-refractivity contribution in [2.75, 3.05) is 13.1 Å². The number of alkyl halides is 2. The summed E-state index contributed by atoms with van der Waals surface area (Å²) < 4.78 is 28.2. The van der Waals surface area contributed by atoms with Crippen molar-refractivity contribution in [3.8, 4) is 0 Å². The minimum absolute atomic E-state index is 0.101. The summed E-state index contributed by atoms with van der Waals surface area (Å²) in [5, 5.41) is 4.16. The summed E-state index contributed by atoms with van der Waals surface area (Å²) in [6, 6.07) is 3.23. The maximum atomic E-state index is 13.4. The van der Waals surface area contributed by atoms with Crippen LogP contribution in [0.5, 0.6) is 0 Å². The van der Waals surface area contributed by atoms with Crippen LogP contribution in [-0.2, 0) is 0 Å². The minimum atomic E-state index is -2.70. The number of amides is 1. The molecule has 152 valence electrons. The molecule has 0 saturated carbocycles. The smallest absolute Gasteiger partial charge is 0.280 e. The molecule has 4 heterocycles. The predicted octanol–water partition coefficient (Wildman–Crippen LogP) is 3.34. The summed E-state index contributed by atoms with van der Waals surface area (Å²) >= 11 is 0. The van der Waals surface area contributed by atoms with Crippen LogP contribution in [0.25, 0.3) is 5.78 Å². The minimum Gasteiger partial charge on any atom is -0.338 e. The lowest BCUT2D eigenvalue weighted by molar-refractivity contribution is 0.0665. The number of carbonyl (C=O) groups is 1. The average Bonchev–Trinajstić information content (AvgIpc) is 3.18. The first-order valence-electron chi connectivity index (χ1n) is 9.56. The summed E-state index contributed by atoms with van der Waals surface area (Å²) in [5.74, 6) is 0.0800. The number of hydrogen-bond acceptors (Lipinski definition) is 5. The van der Waals surface area contributed by atoms with Crippen molar-refractivity contribution in [3.05, 3.63) is 52.9 Å². The van der Waals surface area contributed by atoms with Gasteiger partial charge in [-0.3, -0.25) is 9.78 Å². The van der Waals surface area contributed by atoms with Crippen LogP contribution in [0.1, 0.15) is 58.7 Å². The van der Waals surface area contributed by atoms with Gasteiger partial charge in [0.05, 0.1) is 11.3 Å². The molecule has 1 saturated heterocycles. The molecular formula is C20H22F2N6O. The summed E-state index contributed by atoms with van der Waals surface area (Å²) in [4.78, 5) is 27.0. The van der Waals surface area contributed by atoms with Crippen LogP contribution in [0.4, 0.5) is 8.78 Å². The Morgan fingerprint density at radius 1 is 1.24 bits per heavy atom. The molecule has 0 bridgehead atoms. The SMILES string of the molecule is Cc1cc(C(=O)N2CC[C@@H](C)[C@H](c3cc(C(F)F)nc4ncnn34)C2)cnc1C. The average molecular weight is 400 g/mol. The number of nitrogens with zero attached hydrogens (tertiary/aromatic N) is 6. The molecule has 0 spiro atoms. The molecule has 29 heavy (non-hydrogen) atoms. The van der Waals surface area contributed by atoms with Gasteiger partial charge in [0.1, 0.15) is 12.0 Å². The molecule has 4 rings (SSSR count). The second-order valence-electron chi connectivity index (χ2n) is 7.63. The molecule has 3 aromatic rings. The van der Waals surface area contributed by atoms with E-state index in [0.717, 1.165) is 17.7 Å². The highest BCUT2D eigenvalue weighted by molar-refractivity contribution is 5.94. The van der Waals surface area contributed by atoms with E-state index in [2.05, 4.69) is 27.0 Å². The van der Waals surface area contributed by atoms with Crippen molar-refractivity contribution in [3.63, 3.8) is 0 Å². The Morgan fingerprint density at radius 3 is 2.76 bits per heavy atom. The molecule has 7 nitrogen and oxygen atoms in total. The summed E-state index contributed by atoms with van der Waals surface area (Å²) in [7, 11) is 0. The maximum absolute atomic E-state index is 13.4. The van der Waals surface area contributed by atoms with Crippen molar-refractivity contribution >= 4 is 11.7 Å². The van der Waals surface area contributed by atoms with Crippen molar-refractivity contribution in [1.82, 2.24) is 29.5 Å². The van der Waals surface area contributed by atoms with Gasteiger partial charge in [-0.2, -0.15) is 10.1 Å². The Hall–Kier alpha value is -2.97. The van der Waals surface area contributed by atoms with Crippen molar-refractivity contribution in [2.45, 2.75) is 39.5 Å². The summed E-state index contributed by atoms with van der Waals surface area (Å²) in [6.07, 6.45) is 0.957. The summed E-state index contributed by atoms with van der Waals surface area (Å²) in [6.45, 7) is 6.90. The Morgan fingerprint density at radius 2 is 2.03 bits per heavy atom. The highest BCUT2D eigenvalue weighted by atomic mass is 19.3. The van der Waals surface area contributed by atoms with E-state index in [-0.39, 0.29) is 29.2 Å². The quantitative estimate of drug-likeness (QED) is 0.674. The lowest BCUT2D eigenvalue weighted by Crippen LogP contribution is -2.42. The highest BCUT2D eigenvalue weighted by Crippen LogP contribution is 2.34. The fourth-order valence-electron chi connectivity index (χ4n) is 3.81. The number of fused-ring (bicyclic) bond motifs is 1. The topological polar surface area (TPSA) is 76.3 Å². The number of halogens is 2. The lowest BCUT2D eigenvalue weighted by atomic mass is 9.84. The normalized spacial score (nSPS) is 19.9. The van der Waals surface area contributed by atoms with Crippen molar-refractivity contribution < 1.29 is 13.6 Å². The molecule has 1 aliphatic heterocycles. The number of hydrogen-bond donors (Lipinski definition) is 0. The van der Waals surface area contributed by atoms with Crippen LogP contribution in [0.15, 0.2) is 24.7 Å². The van der Waals surface area contributed by atoms with Gasteiger partial charge in [0, 0.05) is 30.9 Å². The molecule has 1 amide bonds. The largest absolute Gasteiger partial charge is 0.338 e. The molecule has 9 heteroatoms. The number of likely N-dealkylation sites (tertiary alicyclic amines) is 1. The van der Waals surface area contributed by atoms with E-state index in [9.17, 15) is 13.6 Å². The lowest BCUT2D eigenvalue weighted by Gasteiger charge is -2.37. The van der Waals surface area contributed by atoms with Crippen LogP contribution in [0.2, 0.25) is 0 Å². The van der Waals surface area contributed by atoms with Gasteiger partial charge in [-0.25, -0.2) is 18.3 Å². The van der Waals surface area contributed by atoms with Gasteiger partial charge < -0.3 is 4.90 Å². The molecule has 1 fully saturated rings. The number of piperidine rings is 1. The maximum Gasteiger partial charge on any atom is 0.280 e. The predicted molar refractivity (Wildman–Crippen MR) is 102 cm³/mol. The molecule has 0 aliphatic carbocycles. The fraction of sp³-hybridized carbons (Fsp3) is 0.450. The fourth-order valence-corrected chi connectivity index (χ4v) is 3.81. The number of aryl methyl sites for hydroxylation is 2. The Bertz CT molecular complexity index is 1070. The second kappa shape index (κ2) is 7.46. The molecule has 0 radical (unpaired) electrons. The van der Waals surface area contributed by atoms with E-state index in [1.807, 2.05) is 19.9 Å². The molecule has 0 aromatic carbocycles. The molecule has 0 N–H and O–H groups in total. The van der Waals surface area contributed by atoms with E-state index in [4.69, 9.17) is 0 Å². The molecule has 1 aliphatic rings.